The average Bonchev–Trinajstić information content (AvgIpc) is 2.59. The van der Waals surface area contributed by atoms with Gasteiger partial charge in [-0.25, -0.2) is 4.79 Å². The van der Waals surface area contributed by atoms with Crippen molar-refractivity contribution in [2.24, 2.45) is 5.41 Å². The maximum absolute atomic E-state index is 14.3. The van der Waals surface area contributed by atoms with Crippen molar-refractivity contribution in [3.05, 3.63) is 35.9 Å². The van der Waals surface area contributed by atoms with Crippen LogP contribution in [-0.2, 0) is 16.1 Å². The van der Waals surface area contributed by atoms with E-state index >= 15 is 0 Å². The molecule has 3 rings (SSSR count). The van der Waals surface area contributed by atoms with Crippen LogP contribution in [0.4, 0.5) is 13.6 Å². The number of benzene rings is 1. The smallest absolute Gasteiger partial charge is 0.410 e. The summed E-state index contributed by atoms with van der Waals surface area (Å²) in [5.41, 5.74) is -0.472. The van der Waals surface area contributed by atoms with Crippen molar-refractivity contribution in [2.45, 2.75) is 31.8 Å². The fourth-order valence-electron chi connectivity index (χ4n) is 3.42. The van der Waals surface area contributed by atoms with Crippen molar-refractivity contribution in [1.29, 1.82) is 0 Å². The van der Waals surface area contributed by atoms with E-state index in [2.05, 4.69) is 5.32 Å². The molecule has 130 valence electrons. The summed E-state index contributed by atoms with van der Waals surface area (Å²) in [6, 6.07) is 9.27. The van der Waals surface area contributed by atoms with Crippen LogP contribution in [0.15, 0.2) is 30.3 Å². The topological polar surface area (TPSA) is 58.6 Å². The summed E-state index contributed by atoms with van der Waals surface area (Å²) in [6.07, 6.45) is -0.0577. The summed E-state index contributed by atoms with van der Waals surface area (Å²) in [6.45, 7) is 0.764. The minimum absolute atomic E-state index is 0.105. The first-order valence-electron chi connectivity index (χ1n) is 8.06. The SMILES string of the molecule is O=C(OCc1ccccc1)N1CCC2(CCNC(=O)C2(F)F)CC1. The van der Waals surface area contributed by atoms with Crippen molar-refractivity contribution < 1.29 is 23.1 Å². The zero-order valence-corrected chi connectivity index (χ0v) is 13.3. The largest absolute Gasteiger partial charge is 0.445 e. The quantitative estimate of drug-likeness (QED) is 0.902. The van der Waals surface area contributed by atoms with Gasteiger partial charge in [-0.15, -0.1) is 0 Å². The van der Waals surface area contributed by atoms with Gasteiger partial charge in [-0.3, -0.25) is 4.79 Å². The second kappa shape index (κ2) is 6.37. The summed E-state index contributed by atoms with van der Waals surface area (Å²) in [4.78, 5) is 25.0. The molecule has 0 saturated carbocycles. The molecule has 1 N–H and O–H groups in total. The van der Waals surface area contributed by atoms with E-state index in [1.54, 1.807) is 0 Å². The number of hydrogen-bond acceptors (Lipinski definition) is 3. The normalized spacial score (nSPS) is 22.1. The highest BCUT2D eigenvalue weighted by atomic mass is 19.3. The molecule has 0 bridgehead atoms. The predicted molar refractivity (Wildman–Crippen MR) is 82.4 cm³/mol. The van der Waals surface area contributed by atoms with Crippen LogP contribution < -0.4 is 5.32 Å². The van der Waals surface area contributed by atoms with E-state index in [1.807, 2.05) is 30.3 Å². The van der Waals surface area contributed by atoms with Gasteiger partial charge in [-0.1, -0.05) is 30.3 Å². The highest BCUT2D eigenvalue weighted by molar-refractivity contribution is 5.85. The number of hydrogen-bond donors (Lipinski definition) is 1. The lowest BCUT2D eigenvalue weighted by Crippen LogP contribution is -2.61. The van der Waals surface area contributed by atoms with Crippen molar-refractivity contribution in [2.75, 3.05) is 19.6 Å². The van der Waals surface area contributed by atoms with E-state index in [-0.39, 0.29) is 45.5 Å². The highest BCUT2D eigenvalue weighted by Crippen LogP contribution is 2.49. The third kappa shape index (κ3) is 2.95. The van der Waals surface area contributed by atoms with E-state index in [0.717, 1.165) is 5.56 Å². The predicted octanol–water partition coefficient (Wildman–Crippen LogP) is 2.56. The van der Waals surface area contributed by atoms with Crippen molar-refractivity contribution >= 4 is 12.0 Å². The van der Waals surface area contributed by atoms with Gasteiger partial charge in [0.15, 0.2) is 0 Å². The number of nitrogens with one attached hydrogen (secondary N) is 1. The standard InChI is InChI=1S/C17H20F2N2O3/c18-17(19)14(22)20-9-6-16(17)7-10-21(11-8-16)15(23)24-12-13-4-2-1-3-5-13/h1-5H,6-12H2,(H,20,22). The van der Waals surface area contributed by atoms with Crippen LogP contribution in [0.3, 0.4) is 0 Å². The van der Waals surface area contributed by atoms with Gasteiger partial charge in [0.2, 0.25) is 0 Å². The molecule has 0 aromatic heterocycles. The van der Waals surface area contributed by atoms with Gasteiger partial charge in [0, 0.05) is 25.0 Å². The first-order valence-corrected chi connectivity index (χ1v) is 8.06. The second-order valence-electron chi connectivity index (χ2n) is 6.39. The van der Waals surface area contributed by atoms with E-state index in [1.165, 1.54) is 4.90 Å². The molecule has 0 aliphatic carbocycles. The van der Waals surface area contributed by atoms with Gasteiger partial charge >= 0.3 is 12.0 Å². The molecular weight excluding hydrogens is 318 g/mol. The molecule has 0 radical (unpaired) electrons. The van der Waals surface area contributed by atoms with Gasteiger partial charge in [0.1, 0.15) is 6.61 Å². The van der Waals surface area contributed by atoms with Crippen molar-refractivity contribution in [3.63, 3.8) is 0 Å². The Hall–Kier alpha value is -2.18. The number of carbonyl (C=O) groups is 2. The van der Waals surface area contributed by atoms with Crippen LogP contribution in [0.1, 0.15) is 24.8 Å². The Labute approximate surface area is 139 Å². The summed E-state index contributed by atoms with van der Waals surface area (Å²) in [5.74, 6) is -4.58. The van der Waals surface area contributed by atoms with Crippen molar-refractivity contribution in [3.8, 4) is 0 Å². The maximum atomic E-state index is 14.3. The summed E-state index contributed by atoms with van der Waals surface area (Å²) < 4.78 is 33.8. The molecule has 2 aliphatic rings. The molecule has 7 heteroatoms. The van der Waals surface area contributed by atoms with E-state index in [4.69, 9.17) is 4.74 Å². The fourth-order valence-corrected chi connectivity index (χ4v) is 3.42. The number of carbonyl (C=O) groups excluding carboxylic acids is 2. The van der Waals surface area contributed by atoms with E-state index in [0.29, 0.717) is 0 Å². The first-order chi connectivity index (χ1) is 11.4. The van der Waals surface area contributed by atoms with Crippen LogP contribution >= 0.6 is 0 Å². The Balaban J connectivity index is 1.56. The third-order valence-electron chi connectivity index (χ3n) is 5.02. The number of halogens is 2. The molecule has 0 unspecified atom stereocenters. The molecule has 2 fully saturated rings. The van der Waals surface area contributed by atoms with Crippen LogP contribution in [-0.4, -0.2) is 42.5 Å². The Bertz CT molecular complexity index is 614. The maximum Gasteiger partial charge on any atom is 0.410 e. The lowest BCUT2D eigenvalue weighted by Gasteiger charge is -2.47. The third-order valence-corrected chi connectivity index (χ3v) is 5.02. The number of amides is 2. The fraction of sp³-hybridized carbons (Fsp3) is 0.529. The molecule has 1 aromatic carbocycles. The Morgan fingerprint density at radius 2 is 1.83 bits per heavy atom. The highest BCUT2D eigenvalue weighted by Gasteiger charge is 2.61. The van der Waals surface area contributed by atoms with Crippen LogP contribution in [0.5, 0.6) is 0 Å². The number of ether oxygens (including phenoxy) is 1. The zero-order valence-electron chi connectivity index (χ0n) is 13.3. The number of alkyl halides is 2. The molecule has 5 nitrogen and oxygen atoms in total. The molecule has 24 heavy (non-hydrogen) atoms. The molecule has 2 heterocycles. The average molecular weight is 338 g/mol. The van der Waals surface area contributed by atoms with Crippen LogP contribution in [0.25, 0.3) is 0 Å². The van der Waals surface area contributed by atoms with Gasteiger partial charge in [0.05, 0.1) is 0 Å². The molecule has 2 amide bonds. The summed E-state index contributed by atoms with van der Waals surface area (Å²) >= 11 is 0. The number of likely N-dealkylation sites (tertiary alicyclic amines) is 1. The minimum Gasteiger partial charge on any atom is -0.445 e. The second-order valence-corrected chi connectivity index (χ2v) is 6.39. The number of nitrogens with zero attached hydrogens (tertiary/aromatic N) is 1. The van der Waals surface area contributed by atoms with Crippen LogP contribution in [0, 0.1) is 5.41 Å². The zero-order chi connectivity index (χ0) is 17.2. The Kier molecular flexibility index (Phi) is 4.43. The summed E-state index contributed by atoms with van der Waals surface area (Å²) in [7, 11) is 0. The Morgan fingerprint density at radius 3 is 2.50 bits per heavy atom. The molecule has 1 spiro atoms. The summed E-state index contributed by atoms with van der Waals surface area (Å²) in [5, 5.41) is 2.22. The van der Waals surface area contributed by atoms with Gasteiger partial charge < -0.3 is 15.0 Å². The number of piperidine rings is 2. The van der Waals surface area contributed by atoms with Crippen LogP contribution in [0.2, 0.25) is 0 Å². The minimum atomic E-state index is -3.38. The lowest BCUT2D eigenvalue weighted by molar-refractivity contribution is -0.185. The molecule has 2 aliphatic heterocycles. The number of rotatable bonds is 2. The Morgan fingerprint density at radius 1 is 1.17 bits per heavy atom. The monoisotopic (exact) mass is 338 g/mol. The molecule has 2 saturated heterocycles. The van der Waals surface area contributed by atoms with Crippen molar-refractivity contribution in [1.82, 2.24) is 10.2 Å². The first kappa shape index (κ1) is 16.7. The molecular formula is C17H20F2N2O3. The molecule has 0 atom stereocenters. The molecule has 1 aromatic rings. The van der Waals surface area contributed by atoms with Gasteiger partial charge in [-0.2, -0.15) is 8.78 Å². The van der Waals surface area contributed by atoms with E-state index in [9.17, 15) is 18.4 Å². The van der Waals surface area contributed by atoms with Gasteiger partial charge in [-0.05, 0) is 24.8 Å². The van der Waals surface area contributed by atoms with Gasteiger partial charge in [0.25, 0.3) is 5.91 Å². The van der Waals surface area contributed by atoms with E-state index < -0.39 is 23.3 Å². The lowest BCUT2D eigenvalue weighted by atomic mass is 9.68.